The van der Waals surface area contributed by atoms with Crippen LogP contribution in [0.1, 0.15) is 58.3 Å². The first-order valence-corrected chi connectivity index (χ1v) is 9.56. The van der Waals surface area contributed by atoms with Crippen LogP contribution in [0.5, 0.6) is 0 Å². The Morgan fingerprint density at radius 3 is 2.76 bits per heavy atom. The van der Waals surface area contributed by atoms with Crippen molar-refractivity contribution >= 4 is 35.8 Å². The predicted octanol–water partition coefficient (Wildman–Crippen LogP) is 2.77. The van der Waals surface area contributed by atoms with Gasteiger partial charge in [0.05, 0.1) is 0 Å². The van der Waals surface area contributed by atoms with Crippen LogP contribution < -0.4 is 10.6 Å². The van der Waals surface area contributed by atoms with Crippen molar-refractivity contribution in [2.45, 2.75) is 58.3 Å². The van der Waals surface area contributed by atoms with E-state index in [1.54, 1.807) is 7.11 Å². The molecular formula is C18H37IN4O2. The Labute approximate surface area is 170 Å². The third kappa shape index (κ3) is 12.4. The number of hydrogen-bond acceptors (Lipinski definition) is 3. The zero-order chi connectivity index (χ0) is 17.5. The van der Waals surface area contributed by atoms with Crippen molar-refractivity contribution in [2.24, 2.45) is 4.99 Å². The number of rotatable bonds is 11. The van der Waals surface area contributed by atoms with Crippen LogP contribution in [-0.4, -0.2) is 63.2 Å². The van der Waals surface area contributed by atoms with Gasteiger partial charge < -0.3 is 20.3 Å². The number of hydrogen-bond donors (Lipinski definition) is 2. The van der Waals surface area contributed by atoms with Crippen molar-refractivity contribution in [2.75, 3.05) is 46.4 Å². The van der Waals surface area contributed by atoms with E-state index < -0.39 is 0 Å². The summed E-state index contributed by atoms with van der Waals surface area (Å²) in [6, 6.07) is 0. The zero-order valence-corrected chi connectivity index (χ0v) is 18.3. The summed E-state index contributed by atoms with van der Waals surface area (Å²) in [6.07, 6.45) is 8.41. The second-order valence-corrected chi connectivity index (χ2v) is 6.29. The van der Waals surface area contributed by atoms with Crippen molar-refractivity contribution < 1.29 is 9.53 Å². The third-order valence-corrected chi connectivity index (χ3v) is 4.19. The summed E-state index contributed by atoms with van der Waals surface area (Å²) in [5.41, 5.74) is 0. The van der Waals surface area contributed by atoms with Gasteiger partial charge in [0.1, 0.15) is 0 Å². The number of unbranched alkanes of at least 4 members (excludes halogenated alkanes) is 2. The van der Waals surface area contributed by atoms with E-state index in [0.29, 0.717) is 5.91 Å². The molecule has 2 N–H and O–H groups in total. The highest BCUT2D eigenvalue weighted by molar-refractivity contribution is 14.0. The van der Waals surface area contributed by atoms with Crippen molar-refractivity contribution in [1.29, 1.82) is 0 Å². The van der Waals surface area contributed by atoms with Crippen LogP contribution in [0.2, 0.25) is 0 Å². The van der Waals surface area contributed by atoms with Crippen LogP contribution >= 0.6 is 24.0 Å². The van der Waals surface area contributed by atoms with Crippen LogP contribution in [0.15, 0.2) is 4.99 Å². The Bertz CT molecular complexity index is 367. The number of carbonyl (C=O) groups is 1. The Morgan fingerprint density at radius 2 is 2.00 bits per heavy atom. The number of guanidine groups is 1. The van der Waals surface area contributed by atoms with Gasteiger partial charge in [-0.2, -0.15) is 0 Å². The lowest BCUT2D eigenvalue weighted by Gasteiger charge is -2.20. The van der Waals surface area contributed by atoms with Crippen molar-refractivity contribution in [3.8, 4) is 0 Å². The molecule has 1 fully saturated rings. The maximum Gasteiger partial charge on any atom is 0.222 e. The topological polar surface area (TPSA) is 66.0 Å². The van der Waals surface area contributed by atoms with Crippen LogP contribution in [0.3, 0.4) is 0 Å². The quantitative estimate of drug-likeness (QED) is 0.212. The smallest absolute Gasteiger partial charge is 0.222 e. The van der Waals surface area contributed by atoms with Crippen LogP contribution in [0.25, 0.3) is 0 Å². The SMILES string of the molecule is CCNC(=NCCCN1CCCCCC1=O)NCCCCCOC.I. The summed E-state index contributed by atoms with van der Waals surface area (Å²) >= 11 is 0. The number of nitrogens with one attached hydrogen (secondary N) is 2. The van der Waals surface area contributed by atoms with E-state index in [1.807, 2.05) is 4.90 Å². The molecule has 1 aliphatic rings. The monoisotopic (exact) mass is 468 g/mol. The first-order valence-electron chi connectivity index (χ1n) is 9.56. The van der Waals surface area contributed by atoms with Gasteiger partial charge in [-0.25, -0.2) is 0 Å². The second kappa shape index (κ2) is 16.9. The molecule has 0 aromatic heterocycles. The maximum absolute atomic E-state index is 12.0. The second-order valence-electron chi connectivity index (χ2n) is 6.29. The largest absolute Gasteiger partial charge is 0.385 e. The Morgan fingerprint density at radius 1 is 1.16 bits per heavy atom. The minimum Gasteiger partial charge on any atom is -0.385 e. The average molecular weight is 468 g/mol. The van der Waals surface area contributed by atoms with Crippen LogP contribution in [-0.2, 0) is 9.53 Å². The zero-order valence-electron chi connectivity index (χ0n) is 16.0. The molecule has 1 heterocycles. The Hall–Kier alpha value is -0.570. The number of aliphatic imine (C=N–C) groups is 1. The van der Waals surface area contributed by atoms with Gasteiger partial charge in [-0.3, -0.25) is 9.79 Å². The Balaban J connectivity index is 0.00000576. The van der Waals surface area contributed by atoms with Gasteiger partial charge in [0.25, 0.3) is 0 Å². The highest BCUT2D eigenvalue weighted by atomic mass is 127. The molecule has 0 spiro atoms. The standard InChI is InChI=1S/C18H36N4O2.HI/c1-3-19-18(20-12-7-5-9-16-24-2)21-13-10-15-22-14-8-4-6-11-17(22)23;/h3-16H2,1-2H3,(H2,19,20,21);1H. The van der Waals surface area contributed by atoms with Gasteiger partial charge in [-0.05, 0) is 45.4 Å². The van der Waals surface area contributed by atoms with Crippen molar-refractivity contribution in [1.82, 2.24) is 15.5 Å². The van der Waals surface area contributed by atoms with E-state index in [9.17, 15) is 4.79 Å². The lowest BCUT2D eigenvalue weighted by atomic mass is 10.2. The maximum atomic E-state index is 12.0. The molecule has 25 heavy (non-hydrogen) atoms. The number of amides is 1. The number of carbonyl (C=O) groups excluding carboxylic acids is 1. The van der Waals surface area contributed by atoms with Gasteiger partial charge in [-0.15, -0.1) is 24.0 Å². The van der Waals surface area contributed by atoms with E-state index in [0.717, 1.165) is 90.2 Å². The van der Waals surface area contributed by atoms with Crippen LogP contribution in [0, 0.1) is 0 Å². The van der Waals surface area contributed by atoms with Gasteiger partial charge in [0.2, 0.25) is 5.91 Å². The molecule has 0 aromatic rings. The summed E-state index contributed by atoms with van der Waals surface area (Å²) in [4.78, 5) is 18.6. The minimum absolute atomic E-state index is 0. The van der Waals surface area contributed by atoms with E-state index in [4.69, 9.17) is 4.74 Å². The average Bonchev–Trinajstić information content (AvgIpc) is 2.79. The molecule has 0 saturated carbocycles. The minimum atomic E-state index is 0. The molecular weight excluding hydrogens is 431 g/mol. The molecule has 1 saturated heterocycles. The number of ether oxygens (including phenoxy) is 1. The summed E-state index contributed by atoms with van der Waals surface area (Å²) in [7, 11) is 1.74. The highest BCUT2D eigenvalue weighted by Crippen LogP contribution is 2.11. The number of likely N-dealkylation sites (tertiary alicyclic amines) is 1. The van der Waals surface area contributed by atoms with E-state index >= 15 is 0 Å². The predicted molar refractivity (Wildman–Crippen MR) is 115 cm³/mol. The lowest BCUT2D eigenvalue weighted by molar-refractivity contribution is -0.130. The van der Waals surface area contributed by atoms with Gasteiger partial charge in [-0.1, -0.05) is 6.42 Å². The fourth-order valence-electron chi connectivity index (χ4n) is 2.82. The van der Waals surface area contributed by atoms with E-state index in [1.165, 1.54) is 6.42 Å². The van der Waals surface area contributed by atoms with Gasteiger partial charge in [0.15, 0.2) is 5.96 Å². The Kier molecular flexibility index (Phi) is 16.5. The molecule has 0 aromatic carbocycles. The highest BCUT2D eigenvalue weighted by Gasteiger charge is 2.15. The molecule has 148 valence electrons. The molecule has 0 bridgehead atoms. The van der Waals surface area contributed by atoms with Crippen molar-refractivity contribution in [3.63, 3.8) is 0 Å². The van der Waals surface area contributed by atoms with Gasteiger partial charge in [0, 0.05) is 52.9 Å². The molecule has 0 radical (unpaired) electrons. The first-order chi connectivity index (χ1) is 11.8. The molecule has 0 atom stereocenters. The fraction of sp³-hybridized carbons (Fsp3) is 0.889. The van der Waals surface area contributed by atoms with Crippen molar-refractivity contribution in [3.05, 3.63) is 0 Å². The number of halogens is 1. The van der Waals surface area contributed by atoms with E-state index in [2.05, 4.69) is 22.5 Å². The number of methoxy groups -OCH3 is 1. The molecule has 1 aliphatic heterocycles. The summed E-state index contributed by atoms with van der Waals surface area (Å²) in [5.74, 6) is 1.20. The molecule has 1 amide bonds. The normalized spacial score (nSPS) is 15.5. The molecule has 6 nitrogen and oxygen atoms in total. The molecule has 0 unspecified atom stereocenters. The first kappa shape index (κ1) is 24.4. The van der Waals surface area contributed by atoms with Gasteiger partial charge >= 0.3 is 0 Å². The summed E-state index contributed by atoms with van der Waals surface area (Å²) in [5, 5.41) is 6.65. The molecule has 0 aliphatic carbocycles. The summed E-state index contributed by atoms with van der Waals surface area (Å²) < 4.78 is 5.05. The molecule has 1 rings (SSSR count). The lowest BCUT2D eigenvalue weighted by Crippen LogP contribution is -2.38. The molecule has 7 heteroatoms. The summed E-state index contributed by atoms with van der Waals surface area (Å²) in [6.45, 7) is 7.21. The van der Waals surface area contributed by atoms with Crippen LogP contribution in [0.4, 0.5) is 0 Å². The fourth-order valence-corrected chi connectivity index (χ4v) is 2.82. The number of nitrogens with zero attached hydrogens (tertiary/aromatic N) is 2. The third-order valence-electron chi connectivity index (χ3n) is 4.19. The van der Waals surface area contributed by atoms with E-state index in [-0.39, 0.29) is 24.0 Å².